The topological polar surface area (TPSA) is 3.24 Å². The van der Waals surface area contributed by atoms with E-state index in [-0.39, 0.29) is 10.8 Å². The van der Waals surface area contributed by atoms with Gasteiger partial charge < -0.3 is 4.90 Å². The van der Waals surface area contributed by atoms with Gasteiger partial charge in [0, 0.05) is 16.8 Å². The first kappa shape index (κ1) is 19.5. The summed E-state index contributed by atoms with van der Waals surface area (Å²) in [6.45, 7) is 15.6. The number of para-hydroxylation sites is 2. The van der Waals surface area contributed by atoms with Crippen molar-refractivity contribution in [1.82, 2.24) is 0 Å². The molecule has 1 unspecified atom stereocenters. The Labute approximate surface area is 175 Å². The Hall–Kier alpha value is -2.80. The summed E-state index contributed by atoms with van der Waals surface area (Å²) in [5.74, 6) is 0. The predicted octanol–water partition coefficient (Wildman–Crippen LogP) is 7.86. The largest absolute Gasteiger partial charge is 0.310 e. The van der Waals surface area contributed by atoms with Gasteiger partial charge in [0.25, 0.3) is 0 Å². The molecule has 0 aromatic heterocycles. The Morgan fingerprint density at radius 1 is 0.931 bits per heavy atom. The summed E-state index contributed by atoms with van der Waals surface area (Å²) in [6.07, 6.45) is 7.52. The maximum atomic E-state index is 4.07. The standard InChI is InChI=1S/C28H31N/c1-7-14-23-25(8-2)29(22-15-10-9-11-16-22)26-18-13-12-17-24(26)28(23)19-27(5,6)20(3)21(28)4/h7-18H,1,19H2,2-6H3. The minimum atomic E-state index is -0.120. The van der Waals surface area contributed by atoms with Crippen molar-refractivity contribution in [3.05, 3.63) is 107 Å². The SMILES string of the molecule is C=CC=C1C(=CC)N(c2ccccc2)c2ccccc2C12CC(C)(C)C(C)=C2C. The second-order valence-electron chi connectivity index (χ2n) is 8.89. The average Bonchev–Trinajstić information content (AvgIpc) is 2.91. The molecule has 1 aliphatic carbocycles. The van der Waals surface area contributed by atoms with Crippen LogP contribution in [0, 0.1) is 5.41 Å². The molecule has 1 heterocycles. The zero-order valence-corrected chi connectivity index (χ0v) is 18.3. The van der Waals surface area contributed by atoms with E-state index in [4.69, 9.17) is 0 Å². The molecular formula is C28H31N. The van der Waals surface area contributed by atoms with Crippen molar-refractivity contribution < 1.29 is 0 Å². The van der Waals surface area contributed by atoms with Crippen molar-refractivity contribution in [1.29, 1.82) is 0 Å². The summed E-state index contributed by atoms with van der Waals surface area (Å²) >= 11 is 0. The summed E-state index contributed by atoms with van der Waals surface area (Å²) in [4.78, 5) is 2.41. The van der Waals surface area contributed by atoms with Crippen LogP contribution >= 0.6 is 0 Å². The number of allylic oxidation sites excluding steroid dienone is 6. The van der Waals surface area contributed by atoms with Crippen LogP contribution in [0.15, 0.2) is 102 Å². The highest BCUT2D eigenvalue weighted by atomic mass is 15.2. The van der Waals surface area contributed by atoms with E-state index in [0.29, 0.717) is 0 Å². The lowest BCUT2D eigenvalue weighted by molar-refractivity contribution is 0.377. The zero-order chi connectivity index (χ0) is 20.8. The zero-order valence-electron chi connectivity index (χ0n) is 18.3. The number of nitrogens with zero attached hydrogens (tertiary/aromatic N) is 1. The van der Waals surface area contributed by atoms with E-state index in [9.17, 15) is 0 Å². The molecule has 2 aromatic rings. The molecule has 1 nitrogen and oxygen atoms in total. The Morgan fingerprint density at radius 3 is 2.17 bits per heavy atom. The average molecular weight is 382 g/mol. The molecule has 148 valence electrons. The molecule has 0 amide bonds. The lowest BCUT2D eigenvalue weighted by Gasteiger charge is -2.47. The molecule has 0 saturated heterocycles. The van der Waals surface area contributed by atoms with Crippen LogP contribution in [0.5, 0.6) is 0 Å². The third kappa shape index (κ3) is 2.68. The lowest BCUT2D eigenvalue weighted by atomic mass is 9.63. The quantitative estimate of drug-likeness (QED) is 0.479. The van der Waals surface area contributed by atoms with Gasteiger partial charge in [-0.3, -0.25) is 0 Å². The molecule has 0 bridgehead atoms. The molecule has 1 spiro atoms. The molecule has 2 aliphatic rings. The Bertz CT molecular complexity index is 1050. The van der Waals surface area contributed by atoms with Gasteiger partial charge in [0.05, 0.1) is 5.69 Å². The van der Waals surface area contributed by atoms with Crippen molar-refractivity contribution in [2.45, 2.75) is 46.5 Å². The van der Waals surface area contributed by atoms with Crippen LogP contribution < -0.4 is 4.90 Å². The molecule has 29 heavy (non-hydrogen) atoms. The fourth-order valence-corrected chi connectivity index (χ4v) is 5.48. The van der Waals surface area contributed by atoms with Gasteiger partial charge in [0.1, 0.15) is 0 Å². The van der Waals surface area contributed by atoms with E-state index < -0.39 is 0 Å². The molecule has 0 saturated carbocycles. The Kier molecular flexibility index (Phi) is 4.65. The summed E-state index contributed by atoms with van der Waals surface area (Å²) in [5.41, 5.74) is 9.48. The summed E-state index contributed by atoms with van der Waals surface area (Å²) in [5, 5.41) is 0. The van der Waals surface area contributed by atoms with Gasteiger partial charge in [0.15, 0.2) is 0 Å². The molecule has 4 rings (SSSR count). The maximum absolute atomic E-state index is 4.07. The minimum absolute atomic E-state index is 0.120. The highest BCUT2D eigenvalue weighted by molar-refractivity contribution is 5.83. The lowest BCUT2D eigenvalue weighted by Crippen LogP contribution is -2.40. The fourth-order valence-electron chi connectivity index (χ4n) is 5.48. The van der Waals surface area contributed by atoms with Crippen LogP contribution in [0.1, 0.15) is 46.6 Å². The number of hydrogen-bond donors (Lipinski definition) is 0. The molecular weight excluding hydrogens is 350 g/mol. The fraction of sp³-hybridized carbons (Fsp3) is 0.286. The number of anilines is 2. The smallest absolute Gasteiger partial charge is 0.0506 e. The molecule has 1 heteroatoms. The number of benzene rings is 2. The second-order valence-corrected chi connectivity index (χ2v) is 8.89. The van der Waals surface area contributed by atoms with Gasteiger partial charge in [-0.1, -0.05) is 86.2 Å². The monoisotopic (exact) mass is 381 g/mol. The van der Waals surface area contributed by atoms with Crippen molar-refractivity contribution >= 4 is 11.4 Å². The first-order valence-corrected chi connectivity index (χ1v) is 10.5. The van der Waals surface area contributed by atoms with E-state index in [1.54, 1.807) is 0 Å². The molecule has 0 radical (unpaired) electrons. The van der Waals surface area contributed by atoms with E-state index in [0.717, 1.165) is 6.42 Å². The normalized spacial score (nSPS) is 25.8. The van der Waals surface area contributed by atoms with Crippen LogP contribution in [0.2, 0.25) is 0 Å². The van der Waals surface area contributed by atoms with E-state index >= 15 is 0 Å². The third-order valence-electron chi connectivity index (χ3n) is 7.08. The number of hydrogen-bond acceptors (Lipinski definition) is 1. The third-order valence-corrected chi connectivity index (χ3v) is 7.08. The number of rotatable bonds is 2. The van der Waals surface area contributed by atoms with Gasteiger partial charge in [-0.15, -0.1) is 0 Å². The minimum Gasteiger partial charge on any atom is -0.310 e. The van der Waals surface area contributed by atoms with Crippen LogP contribution in [0.3, 0.4) is 0 Å². The molecule has 1 aliphatic heterocycles. The molecule has 2 aromatic carbocycles. The van der Waals surface area contributed by atoms with Gasteiger partial charge in [0.2, 0.25) is 0 Å². The Balaban J connectivity index is 2.11. The van der Waals surface area contributed by atoms with Crippen LogP contribution in [0.4, 0.5) is 11.4 Å². The van der Waals surface area contributed by atoms with Crippen LogP contribution in [0.25, 0.3) is 0 Å². The first-order chi connectivity index (χ1) is 13.9. The molecule has 0 N–H and O–H groups in total. The van der Waals surface area contributed by atoms with E-state index in [1.165, 1.54) is 39.4 Å². The van der Waals surface area contributed by atoms with Gasteiger partial charge >= 0.3 is 0 Å². The first-order valence-electron chi connectivity index (χ1n) is 10.5. The Morgan fingerprint density at radius 2 is 1.59 bits per heavy atom. The van der Waals surface area contributed by atoms with Crippen LogP contribution in [-0.4, -0.2) is 0 Å². The van der Waals surface area contributed by atoms with Crippen molar-refractivity contribution in [2.24, 2.45) is 5.41 Å². The highest BCUT2D eigenvalue weighted by Gasteiger charge is 2.54. The van der Waals surface area contributed by atoms with Crippen molar-refractivity contribution in [2.75, 3.05) is 4.90 Å². The van der Waals surface area contributed by atoms with Gasteiger partial charge in [-0.05, 0) is 61.9 Å². The van der Waals surface area contributed by atoms with E-state index in [1.807, 2.05) is 6.08 Å². The molecule has 1 atom stereocenters. The van der Waals surface area contributed by atoms with Gasteiger partial charge in [-0.2, -0.15) is 0 Å². The maximum Gasteiger partial charge on any atom is 0.0506 e. The molecule has 0 fully saturated rings. The summed E-state index contributed by atoms with van der Waals surface area (Å²) in [6, 6.07) is 19.6. The number of fused-ring (bicyclic) bond motifs is 2. The van der Waals surface area contributed by atoms with Crippen LogP contribution in [-0.2, 0) is 5.41 Å². The van der Waals surface area contributed by atoms with E-state index in [2.05, 4.69) is 113 Å². The van der Waals surface area contributed by atoms with Crippen molar-refractivity contribution in [3.8, 4) is 0 Å². The summed E-state index contributed by atoms with van der Waals surface area (Å²) in [7, 11) is 0. The van der Waals surface area contributed by atoms with Crippen molar-refractivity contribution in [3.63, 3.8) is 0 Å². The van der Waals surface area contributed by atoms with Gasteiger partial charge in [-0.25, -0.2) is 0 Å². The highest BCUT2D eigenvalue weighted by Crippen LogP contribution is 2.63. The summed E-state index contributed by atoms with van der Waals surface area (Å²) < 4.78 is 0. The second kappa shape index (κ2) is 6.91. The predicted molar refractivity (Wildman–Crippen MR) is 126 cm³/mol.